The minimum absolute atomic E-state index is 0.113. The Morgan fingerprint density at radius 2 is 1.95 bits per heavy atom. The molecule has 1 unspecified atom stereocenters. The van der Waals surface area contributed by atoms with E-state index in [-0.39, 0.29) is 11.8 Å². The fraction of sp³-hybridized carbons (Fsp3) is 0.933. The summed E-state index contributed by atoms with van der Waals surface area (Å²) in [6, 6.07) is 0. The van der Waals surface area contributed by atoms with Gasteiger partial charge in [-0.15, -0.1) is 0 Å². The Morgan fingerprint density at radius 1 is 1.26 bits per heavy atom. The van der Waals surface area contributed by atoms with Crippen molar-refractivity contribution in [1.29, 1.82) is 0 Å². The van der Waals surface area contributed by atoms with Crippen LogP contribution in [-0.4, -0.2) is 50.1 Å². The van der Waals surface area contributed by atoms with Crippen molar-refractivity contribution in [3.05, 3.63) is 0 Å². The number of hydrogen-bond acceptors (Lipinski definition) is 3. The summed E-state index contributed by atoms with van der Waals surface area (Å²) in [4.78, 5) is 14.5. The number of nitrogens with one attached hydrogen (secondary N) is 2. The highest BCUT2D eigenvalue weighted by molar-refractivity contribution is 5.78. The van der Waals surface area contributed by atoms with Crippen LogP contribution in [0, 0.1) is 11.8 Å². The average molecular weight is 267 g/mol. The van der Waals surface area contributed by atoms with E-state index in [4.69, 9.17) is 0 Å². The van der Waals surface area contributed by atoms with E-state index in [1.165, 1.54) is 32.1 Å². The molecule has 2 fully saturated rings. The van der Waals surface area contributed by atoms with Gasteiger partial charge in [0.15, 0.2) is 0 Å². The van der Waals surface area contributed by atoms with E-state index >= 15 is 0 Å². The maximum absolute atomic E-state index is 12.1. The molecule has 19 heavy (non-hydrogen) atoms. The fourth-order valence-electron chi connectivity index (χ4n) is 3.17. The second-order valence-corrected chi connectivity index (χ2v) is 6.20. The molecule has 1 heterocycles. The van der Waals surface area contributed by atoms with Crippen LogP contribution in [0.5, 0.6) is 0 Å². The number of piperazine rings is 1. The van der Waals surface area contributed by atoms with Crippen LogP contribution in [0.25, 0.3) is 0 Å². The smallest absolute Gasteiger partial charge is 0.224 e. The number of amides is 1. The van der Waals surface area contributed by atoms with Crippen LogP contribution in [0.4, 0.5) is 0 Å². The topological polar surface area (TPSA) is 44.4 Å². The van der Waals surface area contributed by atoms with Gasteiger partial charge in [-0.3, -0.25) is 4.79 Å². The quantitative estimate of drug-likeness (QED) is 0.787. The normalized spacial score (nSPS) is 24.1. The minimum Gasteiger partial charge on any atom is -0.356 e. The predicted molar refractivity (Wildman–Crippen MR) is 78.1 cm³/mol. The van der Waals surface area contributed by atoms with E-state index in [1.807, 2.05) is 0 Å². The van der Waals surface area contributed by atoms with Gasteiger partial charge in [-0.1, -0.05) is 26.2 Å². The molecule has 0 aromatic rings. The Bertz CT molecular complexity index is 271. The van der Waals surface area contributed by atoms with Crippen LogP contribution in [-0.2, 0) is 4.79 Å². The van der Waals surface area contributed by atoms with Crippen LogP contribution in [0.3, 0.4) is 0 Å². The van der Waals surface area contributed by atoms with E-state index in [9.17, 15) is 4.79 Å². The summed E-state index contributed by atoms with van der Waals surface area (Å²) in [7, 11) is 0. The Balaban J connectivity index is 1.63. The molecule has 2 N–H and O–H groups in total. The van der Waals surface area contributed by atoms with Crippen LogP contribution < -0.4 is 10.6 Å². The lowest BCUT2D eigenvalue weighted by Crippen LogP contribution is -2.47. The molecular weight excluding hydrogens is 238 g/mol. The summed E-state index contributed by atoms with van der Waals surface area (Å²) in [6.45, 7) is 8.09. The van der Waals surface area contributed by atoms with Crippen LogP contribution in [0.15, 0.2) is 0 Å². The van der Waals surface area contributed by atoms with Gasteiger partial charge in [-0.05, 0) is 18.8 Å². The first-order chi connectivity index (χ1) is 9.25. The number of rotatable bonds is 5. The highest BCUT2D eigenvalue weighted by Gasteiger charge is 2.20. The van der Waals surface area contributed by atoms with Gasteiger partial charge in [0.25, 0.3) is 0 Å². The molecule has 1 aliphatic heterocycles. The first kappa shape index (κ1) is 14.8. The first-order valence-corrected chi connectivity index (χ1v) is 7.96. The lowest BCUT2D eigenvalue weighted by Gasteiger charge is -2.29. The van der Waals surface area contributed by atoms with Gasteiger partial charge >= 0.3 is 0 Å². The van der Waals surface area contributed by atoms with Crippen LogP contribution >= 0.6 is 0 Å². The molecule has 0 aromatic carbocycles. The summed E-state index contributed by atoms with van der Waals surface area (Å²) in [6.07, 6.45) is 6.66. The van der Waals surface area contributed by atoms with Gasteiger partial charge in [0.05, 0.1) is 0 Å². The number of carbonyl (C=O) groups is 1. The molecule has 2 aliphatic rings. The van der Waals surface area contributed by atoms with Crippen LogP contribution in [0.1, 0.15) is 39.0 Å². The van der Waals surface area contributed by atoms with E-state index in [0.29, 0.717) is 0 Å². The van der Waals surface area contributed by atoms with Crippen molar-refractivity contribution >= 4 is 5.91 Å². The van der Waals surface area contributed by atoms with Gasteiger partial charge < -0.3 is 15.5 Å². The lowest BCUT2D eigenvalue weighted by atomic mass is 9.89. The Labute approximate surface area is 117 Å². The summed E-state index contributed by atoms with van der Waals surface area (Å²) >= 11 is 0. The highest BCUT2D eigenvalue weighted by atomic mass is 16.1. The van der Waals surface area contributed by atoms with Crippen molar-refractivity contribution in [3.63, 3.8) is 0 Å². The molecule has 4 heteroatoms. The van der Waals surface area contributed by atoms with Gasteiger partial charge in [-0.25, -0.2) is 0 Å². The molecule has 1 aliphatic carbocycles. The molecule has 4 nitrogen and oxygen atoms in total. The molecule has 0 aromatic heterocycles. The van der Waals surface area contributed by atoms with Crippen molar-refractivity contribution < 1.29 is 4.79 Å². The van der Waals surface area contributed by atoms with Gasteiger partial charge in [0.1, 0.15) is 0 Å². The number of nitrogens with zero attached hydrogens (tertiary/aromatic N) is 1. The molecule has 1 saturated carbocycles. The largest absolute Gasteiger partial charge is 0.356 e. The molecule has 1 atom stereocenters. The first-order valence-electron chi connectivity index (χ1n) is 7.96. The van der Waals surface area contributed by atoms with Gasteiger partial charge in [0.2, 0.25) is 5.91 Å². The molecule has 0 bridgehead atoms. The molecular formula is C15H29N3O. The monoisotopic (exact) mass is 267 g/mol. The Morgan fingerprint density at radius 3 is 2.63 bits per heavy atom. The van der Waals surface area contributed by atoms with Crippen molar-refractivity contribution in [2.75, 3.05) is 39.3 Å². The lowest BCUT2D eigenvalue weighted by molar-refractivity contribution is -0.125. The van der Waals surface area contributed by atoms with Crippen molar-refractivity contribution in [2.45, 2.75) is 39.0 Å². The zero-order valence-corrected chi connectivity index (χ0v) is 12.3. The van der Waals surface area contributed by atoms with Gasteiger partial charge in [-0.2, -0.15) is 0 Å². The second kappa shape index (κ2) is 7.85. The predicted octanol–water partition coefficient (Wildman–Crippen LogP) is 1.22. The van der Waals surface area contributed by atoms with Crippen molar-refractivity contribution in [3.8, 4) is 0 Å². The maximum atomic E-state index is 12.1. The third-order valence-corrected chi connectivity index (χ3v) is 4.48. The third-order valence-electron chi connectivity index (χ3n) is 4.48. The van der Waals surface area contributed by atoms with E-state index in [0.717, 1.165) is 45.2 Å². The molecule has 1 saturated heterocycles. The standard InChI is InChI=1S/C15H29N3O/c1-13(12-18-9-7-16-8-10-18)15(19)17-11-14-5-3-2-4-6-14/h13-14,16H,2-12H2,1H3,(H,17,19). The Hall–Kier alpha value is -0.610. The SMILES string of the molecule is CC(CN1CCNCC1)C(=O)NCC1CCCCC1. The third kappa shape index (κ3) is 5.11. The van der Waals surface area contributed by atoms with Gasteiger partial charge in [0, 0.05) is 45.2 Å². The van der Waals surface area contributed by atoms with Crippen LogP contribution in [0.2, 0.25) is 0 Å². The minimum atomic E-state index is 0.113. The maximum Gasteiger partial charge on any atom is 0.224 e. The summed E-state index contributed by atoms with van der Waals surface area (Å²) in [5.74, 6) is 1.08. The van der Waals surface area contributed by atoms with E-state index in [2.05, 4.69) is 22.5 Å². The van der Waals surface area contributed by atoms with Crippen molar-refractivity contribution in [2.24, 2.45) is 11.8 Å². The fourth-order valence-corrected chi connectivity index (χ4v) is 3.17. The molecule has 1 amide bonds. The van der Waals surface area contributed by atoms with Crippen molar-refractivity contribution in [1.82, 2.24) is 15.5 Å². The number of carbonyl (C=O) groups excluding carboxylic acids is 1. The van der Waals surface area contributed by atoms with E-state index < -0.39 is 0 Å². The molecule has 0 radical (unpaired) electrons. The zero-order chi connectivity index (χ0) is 13.5. The zero-order valence-electron chi connectivity index (χ0n) is 12.3. The summed E-state index contributed by atoms with van der Waals surface area (Å²) in [5, 5.41) is 6.50. The molecule has 2 rings (SSSR count). The summed E-state index contributed by atoms with van der Waals surface area (Å²) in [5.41, 5.74) is 0. The van der Waals surface area contributed by atoms with E-state index in [1.54, 1.807) is 0 Å². The number of hydrogen-bond donors (Lipinski definition) is 2. The molecule has 0 spiro atoms. The highest BCUT2D eigenvalue weighted by Crippen LogP contribution is 2.22. The molecule has 110 valence electrons. The average Bonchev–Trinajstić information content (AvgIpc) is 2.47. The second-order valence-electron chi connectivity index (χ2n) is 6.20. The summed E-state index contributed by atoms with van der Waals surface area (Å²) < 4.78 is 0. The Kier molecular flexibility index (Phi) is 6.11.